The molecule has 3 N–H and O–H groups in total. The summed E-state index contributed by atoms with van der Waals surface area (Å²) < 4.78 is 5.32. The van der Waals surface area contributed by atoms with Crippen LogP contribution in [-0.4, -0.2) is 24.9 Å². The van der Waals surface area contributed by atoms with Crippen LogP contribution in [0.5, 0.6) is 5.75 Å². The Hall–Kier alpha value is -1.85. The van der Waals surface area contributed by atoms with E-state index in [1.807, 2.05) is 18.2 Å². The first-order chi connectivity index (χ1) is 10.0. The number of thiophene rings is 1. The van der Waals surface area contributed by atoms with Crippen molar-refractivity contribution in [2.24, 2.45) is 5.73 Å². The molecule has 2 rings (SSSR count). The average molecular weight is 303 g/mol. The minimum atomic E-state index is 0.0266. The summed E-state index contributed by atoms with van der Waals surface area (Å²) in [6.45, 7) is 3.01. The molecule has 1 unspecified atom stereocenters. The van der Waals surface area contributed by atoms with Crippen LogP contribution >= 0.6 is 11.3 Å². The molecule has 0 aliphatic rings. The summed E-state index contributed by atoms with van der Waals surface area (Å²) in [7, 11) is 3.71. The number of nitrogens with two attached hydrogens (primary N) is 1. The Morgan fingerprint density at radius 3 is 2.76 bits per heavy atom. The molecule has 0 amide bonds. The van der Waals surface area contributed by atoms with Gasteiger partial charge in [-0.15, -0.1) is 11.3 Å². The molecule has 1 aromatic carbocycles. The number of nitrogen functional groups attached to an aromatic ring is 1. The van der Waals surface area contributed by atoms with Crippen LogP contribution < -0.4 is 10.5 Å². The molecule has 0 aliphatic heterocycles. The van der Waals surface area contributed by atoms with Gasteiger partial charge in [0.05, 0.1) is 12.7 Å². The molecule has 0 saturated heterocycles. The predicted octanol–water partition coefficient (Wildman–Crippen LogP) is 3.23. The van der Waals surface area contributed by atoms with E-state index in [4.69, 9.17) is 15.9 Å². The minimum Gasteiger partial charge on any atom is -0.496 e. The van der Waals surface area contributed by atoms with E-state index in [0.29, 0.717) is 17.4 Å². The second-order valence-corrected chi connectivity index (χ2v) is 6.03. The van der Waals surface area contributed by atoms with Gasteiger partial charge >= 0.3 is 0 Å². The third-order valence-electron chi connectivity index (χ3n) is 3.60. The van der Waals surface area contributed by atoms with Gasteiger partial charge in [-0.25, -0.2) is 0 Å². The van der Waals surface area contributed by atoms with Crippen LogP contribution in [0.4, 0.5) is 0 Å². The zero-order valence-electron chi connectivity index (χ0n) is 12.6. The van der Waals surface area contributed by atoms with Crippen molar-refractivity contribution >= 4 is 17.2 Å². The zero-order valence-corrected chi connectivity index (χ0v) is 13.4. The van der Waals surface area contributed by atoms with Gasteiger partial charge in [0.15, 0.2) is 0 Å². The summed E-state index contributed by atoms with van der Waals surface area (Å²) in [6.07, 6.45) is 0. The highest BCUT2D eigenvalue weighted by atomic mass is 32.1. The number of methoxy groups -OCH3 is 1. The lowest BCUT2D eigenvalue weighted by Gasteiger charge is -2.24. The Bertz CT molecular complexity index is 610. The highest BCUT2D eigenvalue weighted by molar-refractivity contribution is 7.10. The molecule has 1 aromatic heterocycles. The Morgan fingerprint density at radius 2 is 2.19 bits per heavy atom. The smallest absolute Gasteiger partial charge is 0.130 e. The quantitative estimate of drug-likeness (QED) is 0.636. The first-order valence-corrected chi connectivity index (χ1v) is 7.66. The SMILES string of the molecule is COc1cc(CN(C)C(C)c2cccs2)ccc1C(=N)N. The Morgan fingerprint density at radius 1 is 1.43 bits per heavy atom. The summed E-state index contributed by atoms with van der Waals surface area (Å²) >= 11 is 1.77. The second kappa shape index (κ2) is 6.74. The summed E-state index contributed by atoms with van der Waals surface area (Å²) in [6, 6.07) is 10.4. The summed E-state index contributed by atoms with van der Waals surface area (Å²) in [4.78, 5) is 3.64. The average Bonchev–Trinajstić information content (AvgIpc) is 3.00. The topological polar surface area (TPSA) is 62.3 Å². The minimum absolute atomic E-state index is 0.0266. The second-order valence-electron chi connectivity index (χ2n) is 5.05. The first-order valence-electron chi connectivity index (χ1n) is 6.78. The van der Waals surface area contributed by atoms with E-state index in [0.717, 1.165) is 12.1 Å². The molecule has 4 nitrogen and oxygen atoms in total. The van der Waals surface area contributed by atoms with E-state index < -0.39 is 0 Å². The fourth-order valence-corrected chi connectivity index (χ4v) is 3.08. The Balaban J connectivity index is 2.14. The van der Waals surface area contributed by atoms with Crippen molar-refractivity contribution in [1.82, 2.24) is 4.90 Å². The molecule has 0 bridgehead atoms. The van der Waals surface area contributed by atoms with Gasteiger partial charge in [-0.2, -0.15) is 0 Å². The van der Waals surface area contributed by atoms with E-state index in [2.05, 4.69) is 36.4 Å². The molecule has 5 heteroatoms. The lowest BCUT2D eigenvalue weighted by Crippen LogP contribution is -2.21. The first kappa shape index (κ1) is 15.5. The van der Waals surface area contributed by atoms with Crippen LogP contribution in [-0.2, 0) is 6.54 Å². The maximum Gasteiger partial charge on any atom is 0.130 e. The van der Waals surface area contributed by atoms with E-state index >= 15 is 0 Å². The number of nitrogens with zero attached hydrogens (tertiary/aromatic N) is 1. The zero-order chi connectivity index (χ0) is 15.4. The Labute approximate surface area is 129 Å². The van der Waals surface area contributed by atoms with Crippen LogP contribution in [0.1, 0.15) is 29.0 Å². The van der Waals surface area contributed by atoms with Crippen molar-refractivity contribution < 1.29 is 4.74 Å². The van der Waals surface area contributed by atoms with E-state index in [1.165, 1.54) is 4.88 Å². The molecule has 1 atom stereocenters. The lowest BCUT2D eigenvalue weighted by atomic mass is 10.1. The van der Waals surface area contributed by atoms with Crippen LogP contribution in [0.2, 0.25) is 0 Å². The van der Waals surface area contributed by atoms with Crippen LogP contribution in [0.15, 0.2) is 35.7 Å². The van der Waals surface area contributed by atoms with Gasteiger partial charge in [0.1, 0.15) is 11.6 Å². The van der Waals surface area contributed by atoms with Gasteiger partial charge in [-0.1, -0.05) is 12.1 Å². The van der Waals surface area contributed by atoms with Crippen molar-refractivity contribution in [3.05, 3.63) is 51.7 Å². The van der Waals surface area contributed by atoms with E-state index in [-0.39, 0.29) is 5.84 Å². The predicted molar refractivity (Wildman–Crippen MR) is 88.2 cm³/mol. The van der Waals surface area contributed by atoms with Crippen molar-refractivity contribution in [1.29, 1.82) is 5.41 Å². The molecule has 0 aliphatic carbocycles. The van der Waals surface area contributed by atoms with Crippen LogP contribution in [0, 0.1) is 5.41 Å². The number of benzene rings is 1. The highest BCUT2D eigenvalue weighted by Gasteiger charge is 2.14. The monoisotopic (exact) mass is 303 g/mol. The van der Waals surface area contributed by atoms with E-state index in [1.54, 1.807) is 18.4 Å². The van der Waals surface area contributed by atoms with Crippen LogP contribution in [0.25, 0.3) is 0 Å². The summed E-state index contributed by atoms with van der Waals surface area (Å²) in [5.74, 6) is 0.677. The van der Waals surface area contributed by atoms with Crippen molar-refractivity contribution in [2.75, 3.05) is 14.2 Å². The largest absolute Gasteiger partial charge is 0.496 e. The summed E-state index contributed by atoms with van der Waals surface area (Å²) in [5, 5.41) is 9.64. The molecule has 0 fully saturated rings. The molecular weight excluding hydrogens is 282 g/mol. The maximum atomic E-state index is 7.54. The van der Waals surface area contributed by atoms with Gasteiger partial charge < -0.3 is 10.5 Å². The van der Waals surface area contributed by atoms with Crippen LogP contribution in [0.3, 0.4) is 0 Å². The number of hydrogen-bond acceptors (Lipinski definition) is 4. The number of ether oxygens (including phenoxy) is 1. The molecule has 112 valence electrons. The van der Waals surface area contributed by atoms with Gasteiger partial charge in [-0.3, -0.25) is 10.3 Å². The fourth-order valence-electron chi connectivity index (χ4n) is 2.23. The molecule has 0 saturated carbocycles. The van der Waals surface area contributed by atoms with Gasteiger partial charge in [0.25, 0.3) is 0 Å². The third kappa shape index (κ3) is 3.62. The van der Waals surface area contributed by atoms with Gasteiger partial charge in [-0.05, 0) is 43.1 Å². The molecule has 0 radical (unpaired) electrons. The van der Waals surface area contributed by atoms with Gasteiger partial charge in [0, 0.05) is 17.5 Å². The fraction of sp³-hybridized carbons (Fsp3) is 0.312. The molecule has 2 aromatic rings. The molecular formula is C16H21N3OS. The summed E-state index contributed by atoms with van der Waals surface area (Å²) in [5.41, 5.74) is 7.32. The number of rotatable bonds is 6. The van der Waals surface area contributed by atoms with Crippen molar-refractivity contribution in [3.63, 3.8) is 0 Å². The lowest BCUT2D eigenvalue weighted by molar-refractivity contribution is 0.256. The third-order valence-corrected chi connectivity index (χ3v) is 4.65. The normalized spacial score (nSPS) is 12.4. The van der Waals surface area contributed by atoms with Crippen molar-refractivity contribution in [2.45, 2.75) is 19.5 Å². The number of hydrogen-bond donors (Lipinski definition) is 2. The molecule has 21 heavy (non-hydrogen) atoms. The van der Waals surface area contributed by atoms with E-state index in [9.17, 15) is 0 Å². The van der Waals surface area contributed by atoms with Gasteiger partial charge in [0.2, 0.25) is 0 Å². The highest BCUT2D eigenvalue weighted by Crippen LogP contribution is 2.26. The number of nitrogens with one attached hydrogen (secondary N) is 1. The Kier molecular flexibility index (Phi) is 4.98. The molecule has 0 spiro atoms. The maximum absolute atomic E-state index is 7.54. The standard InChI is InChI=1S/C16H21N3OS/c1-11(15-5-4-8-21-15)19(2)10-12-6-7-13(16(17)18)14(9-12)20-3/h4-9,11H,10H2,1-3H3,(H3,17,18). The van der Waals surface area contributed by atoms with Crippen molar-refractivity contribution in [3.8, 4) is 5.75 Å². The number of amidine groups is 1. The molecule has 1 heterocycles.